The molecule has 0 bridgehead atoms. The largest absolute Gasteiger partial charge is 0.369 e. The average Bonchev–Trinajstić information content (AvgIpc) is 3.26. The molecule has 0 spiro atoms. The third kappa shape index (κ3) is 5.75. The first-order valence-electron chi connectivity index (χ1n) is 11.3. The molecule has 0 radical (unpaired) electrons. The lowest BCUT2D eigenvalue weighted by Gasteiger charge is -2.32. The molecule has 0 unspecified atom stereocenters. The number of hydrogen-bond donors (Lipinski definition) is 3. The SMILES string of the molecule is CN1CCN(C(=O)Cc2ccc(Nc3ncc(F)c(N[C@H]4CCC[C@H]4C(N)=O)n3)cc2)CC1. The van der Waals surface area contributed by atoms with Crippen molar-refractivity contribution in [2.75, 3.05) is 43.9 Å². The summed E-state index contributed by atoms with van der Waals surface area (Å²) < 4.78 is 14.3. The van der Waals surface area contributed by atoms with E-state index in [-0.39, 0.29) is 35.5 Å². The van der Waals surface area contributed by atoms with E-state index in [0.29, 0.717) is 12.8 Å². The minimum Gasteiger partial charge on any atom is -0.369 e. The number of halogens is 1. The molecule has 10 heteroatoms. The second-order valence-corrected chi connectivity index (χ2v) is 8.76. The minimum absolute atomic E-state index is 0.0417. The summed E-state index contributed by atoms with van der Waals surface area (Å²) in [4.78, 5) is 36.5. The minimum atomic E-state index is -0.589. The van der Waals surface area contributed by atoms with E-state index in [2.05, 4.69) is 32.5 Å². The second-order valence-electron chi connectivity index (χ2n) is 8.76. The number of benzene rings is 1. The fourth-order valence-corrected chi connectivity index (χ4v) is 4.35. The topological polar surface area (TPSA) is 116 Å². The van der Waals surface area contributed by atoms with E-state index >= 15 is 0 Å². The quantitative estimate of drug-likeness (QED) is 0.582. The first-order chi connectivity index (χ1) is 15.9. The van der Waals surface area contributed by atoms with Gasteiger partial charge in [-0.15, -0.1) is 0 Å². The number of aromatic nitrogens is 2. The Kier molecular flexibility index (Phi) is 7.02. The normalized spacial score (nSPS) is 21.1. The van der Waals surface area contributed by atoms with Crippen molar-refractivity contribution in [2.24, 2.45) is 11.7 Å². The van der Waals surface area contributed by atoms with Crippen LogP contribution in [0.2, 0.25) is 0 Å². The van der Waals surface area contributed by atoms with Crippen LogP contribution in [0.15, 0.2) is 30.5 Å². The fraction of sp³-hybridized carbons (Fsp3) is 0.478. The summed E-state index contributed by atoms with van der Waals surface area (Å²) in [6, 6.07) is 7.21. The Bertz CT molecular complexity index is 993. The van der Waals surface area contributed by atoms with E-state index in [0.717, 1.165) is 56.5 Å². The van der Waals surface area contributed by atoms with Crippen molar-refractivity contribution < 1.29 is 14.0 Å². The smallest absolute Gasteiger partial charge is 0.229 e. The van der Waals surface area contributed by atoms with Gasteiger partial charge in [-0.25, -0.2) is 9.37 Å². The van der Waals surface area contributed by atoms with Gasteiger partial charge in [-0.3, -0.25) is 9.59 Å². The lowest BCUT2D eigenvalue weighted by atomic mass is 10.0. The van der Waals surface area contributed by atoms with Gasteiger partial charge in [0.1, 0.15) is 0 Å². The Morgan fingerprint density at radius 3 is 2.58 bits per heavy atom. The molecule has 9 nitrogen and oxygen atoms in total. The summed E-state index contributed by atoms with van der Waals surface area (Å²) >= 11 is 0. The van der Waals surface area contributed by atoms with Crippen LogP contribution >= 0.6 is 0 Å². The predicted molar refractivity (Wildman–Crippen MR) is 123 cm³/mol. The Balaban J connectivity index is 1.36. The van der Waals surface area contributed by atoms with E-state index in [1.54, 1.807) is 0 Å². The Morgan fingerprint density at radius 1 is 1.15 bits per heavy atom. The highest BCUT2D eigenvalue weighted by atomic mass is 19.1. The molecule has 1 aromatic carbocycles. The maximum absolute atomic E-state index is 14.3. The highest BCUT2D eigenvalue weighted by Gasteiger charge is 2.32. The van der Waals surface area contributed by atoms with Gasteiger partial charge in [0.15, 0.2) is 11.6 Å². The first kappa shape index (κ1) is 22.9. The molecule has 33 heavy (non-hydrogen) atoms. The van der Waals surface area contributed by atoms with Gasteiger partial charge in [0, 0.05) is 37.9 Å². The molecule has 1 saturated carbocycles. The van der Waals surface area contributed by atoms with E-state index < -0.39 is 5.82 Å². The number of carbonyl (C=O) groups is 2. The first-order valence-corrected chi connectivity index (χ1v) is 11.3. The Morgan fingerprint density at radius 2 is 1.88 bits per heavy atom. The number of nitrogens with zero attached hydrogens (tertiary/aromatic N) is 4. The van der Waals surface area contributed by atoms with Crippen LogP contribution in [0.25, 0.3) is 0 Å². The number of nitrogens with two attached hydrogens (primary N) is 1. The summed E-state index contributed by atoms with van der Waals surface area (Å²) in [6.45, 7) is 3.31. The lowest BCUT2D eigenvalue weighted by Crippen LogP contribution is -2.47. The third-order valence-corrected chi connectivity index (χ3v) is 6.37. The van der Waals surface area contributed by atoms with Gasteiger partial charge in [-0.05, 0) is 37.6 Å². The Hall–Kier alpha value is -3.27. The molecule has 2 aliphatic rings. The fourth-order valence-electron chi connectivity index (χ4n) is 4.35. The maximum atomic E-state index is 14.3. The van der Waals surface area contributed by atoms with Gasteiger partial charge in [0.2, 0.25) is 17.8 Å². The summed E-state index contributed by atoms with van der Waals surface area (Å²) in [7, 11) is 2.06. The number of carbonyl (C=O) groups excluding carboxylic acids is 2. The van der Waals surface area contributed by atoms with Crippen LogP contribution < -0.4 is 16.4 Å². The molecule has 1 aliphatic carbocycles. The van der Waals surface area contributed by atoms with Crippen molar-refractivity contribution in [2.45, 2.75) is 31.7 Å². The monoisotopic (exact) mass is 455 g/mol. The number of hydrogen-bond acceptors (Lipinski definition) is 7. The van der Waals surface area contributed by atoms with Gasteiger partial charge in [0.25, 0.3) is 0 Å². The standard InChI is InChI=1S/C23H30FN7O2/c1-30-9-11-31(12-10-30)20(32)13-15-5-7-16(8-6-15)27-23-26-14-18(24)22(29-23)28-19-4-2-3-17(19)21(25)33/h5-8,14,17,19H,2-4,9-13H2,1H3,(H2,25,33)(H2,26,27,28,29)/t17-,19+/m1/s1. The van der Waals surface area contributed by atoms with E-state index in [1.807, 2.05) is 29.2 Å². The van der Waals surface area contributed by atoms with Crippen LogP contribution in [0.3, 0.4) is 0 Å². The average molecular weight is 456 g/mol. The zero-order chi connectivity index (χ0) is 23.4. The summed E-state index contributed by atoms with van der Waals surface area (Å²) in [5.41, 5.74) is 7.10. The molecule has 4 N–H and O–H groups in total. The predicted octanol–water partition coefficient (Wildman–Crippen LogP) is 1.74. The van der Waals surface area contributed by atoms with E-state index in [9.17, 15) is 14.0 Å². The molecule has 2 aromatic rings. The molecule has 176 valence electrons. The number of primary amides is 1. The van der Waals surface area contributed by atoms with E-state index in [4.69, 9.17) is 5.73 Å². The van der Waals surface area contributed by atoms with Gasteiger partial charge < -0.3 is 26.2 Å². The Labute approximate surface area is 192 Å². The molecule has 4 rings (SSSR count). The lowest BCUT2D eigenvalue weighted by molar-refractivity contribution is -0.132. The van der Waals surface area contributed by atoms with Crippen LogP contribution in [0.5, 0.6) is 0 Å². The molecular weight excluding hydrogens is 425 g/mol. The number of likely N-dealkylation sites (N-methyl/N-ethyl adjacent to an activating group) is 1. The molecule has 1 saturated heterocycles. The number of nitrogens with one attached hydrogen (secondary N) is 2. The van der Waals surface area contributed by atoms with Crippen LogP contribution in [0.1, 0.15) is 24.8 Å². The van der Waals surface area contributed by atoms with E-state index in [1.165, 1.54) is 0 Å². The molecule has 2 amide bonds. The number of amides is 2. The van der Waals surface area contributed by atoms with Gasteiger partial charge >= 0.3 is 0 Å². The molecule has 2 atom stereocenters. The zero-order valence-electron chi connectivity index (χ0n) is 18.8. The van der Waals surface area contributed by atoms with Crippen LogP contribution in [0, 0.1) is 11.7 Å². The maximum Gasteiger partial charge on any atom is 0.229 e. The summed E-state index contributed by atoms with van der Waals surface area (Å²) in [5, 5.41) is 6.08. The molecule has 2 heterocycles. The van der Waals surface area contributed by atoms with Crippen LogP contribution in [-0.4, -0.2) is 70.9 Å². The highest BCUT2D eigenvalue weighted by Crippen LogP contribution is 2.29. The summed E-state index contributed by atoms with van der Waals surface area (Å²) in [6.07, 6.45) is 3.72. The zero-order valence-corrected chi connectivity index (χ0v) is 18.8. The molecular formula is C23H30FN7O2. The number of anilines is 3. The molecule has 1 aliphatic heterocycles. The highest BCUT2D eigenvalue weighted by molar-refractivity contribution is 5.79. The summed E-state index contributed by atoms with van der Waals surface area (Å²) in [5.74, 6) is -0.911. The van der Waals surface area contributed by atoms with Crippen molar-refractivity contribution >= 4 is 29.3 Å². The number of piperazine rings is 1. The van der Waals surface area contributed by atoms with Gasteiger partial charge in [0.05, 0.1) is 18.5 Å². The van der Waals surface area contributed by atoms with Crippen molar-refractivity contribution in [1.29, 1.82) is 0 Å². The van der Waals surface area contributed by atoms with Crippen LogP contribution in [0.4, 0.5) is 21.8 Å². The van der Waals surface area contributed by atoms with Gasteiger partial charge in [-0.2, -0.15) is 4.98 Å². The molecule has 2 fully saturated rings. The van der Waals surface area contributed by atoms with Crippen molar-refractivity contribution in [1.82, 2.24) is 19.8 Å². The second kappa shape index (κ2) is 10.1. The third-order valence-electron chi connectivity index (χ3n) is 6.37. The van der Waals surface area contributed by atoms with Gasteiger partial charge in [-0.1, -0.05) is 18.6 Å². The van der Waals surface area contributed by atoms with Crippen molar-refractivity contribution in [3.05, 3.63) is 41.8 Å². The number of rotatable bonds is 7. The van der Waals surface area contributed by atoms with Crippen molar-refractivity contribution in [3.8, 4) is 0 Å². The van der Waals surface area contributed by atoms with Crippen molar-refractivity contribution in [3.63, 3.8) is 0 Å². The van der Waals surface area contributed by atoms with Crippen LogP contribution in [-0.2, 0) is 16.0 Å². The molecule has 1 aromatic heterocycles.